The van der Waals surface area contributed by atoms with Crippen molar-refractivity contribution in [2.45, 2.75) is 25.3 Å². The molecule has 0 unspecified atom stereocenters. The van der Waals surface area contributed by atoms with Crippen LogP contribution in [0.4, 0.5) is 0 Å². The Labute approximate surface area is 89.4 Å². The van der Waals surface area contributed by atoms with E-state index >= 15 is 0 Å². The first-order valence-electron chi connectivity index (χ1n) is 5.29. The van der Waals surface area contributed by atoms with Crippen molar-refractivity contribution in [2.24, 2.45) is 0 Å². The van der Waals surface area contributed by atoms with E-state index in [1.807, 2.05) is 7.05 Å². The third-order valence-electron chi connectivity index (χ3n) is 2.50. The molecule has 0 radical (unpaired) electrons. The van der Waals surface area contributed by atoms with Gasteiger partial charge in [-0.1, -0.05) is 5.16 Å². The van der Waals surface area contributed by atoms with Crippen LogP contribution in [-0.4, -0.2) is 42.3 Å². The van der Waals surface area contributed by atoms with E-state index in [2.05, 4.69) is 15.0 Å². The molecule has 2 rings (SSSR count). The van der Waals surface area contributed by atoms with E-state index in [-0.39, 0.29) is 0 Å². The van der Waals surface area contributed by atoms with E-state index in [1.54, 1.807) is 7.11 Å². The molecule has 0 aromatic carbocycles. The molecule has 1 saturated carbocycles. The number of aromatic nitrogens is 2. The van der Waals surface area contributed by atoms with Gasteiger partial charge < -0.3 is 9.26 Å². The van der Waals surface area contributed by atoms with Crippen molar-refractivity contribution < 1.29 is 9.26 Å². The van der Waals surface area contributed by atoms with E-state index in [0.717, 1.165) is 31.4 Å². The number of rotatable bonds is 6. The van der Waals surface area contributed by atoms with Crippen LogP contribution in [0.3, 0.4) is 0 Å². The van der Waals surface area contributed by atoms with Crippen molar-refractivity contribution in [2.75, 3.05) is 27.3 Å². The number of hydrogen-bond donors (Lipinski definition) is 0. The molecule has 5 heteroatoms. The van der Waals surface area contributed by atoms with E-state index in [9.17, 15) is 0 Å². The molecule has 0 saturated heterocycles. The lowest BCUT2D eigenvalue weighted by molar-refractivity contribution is 0.157. The van der Waals surface area contributed by atoms with Gasteiger partial charge in [-0.25, -0.2) is 0 Å². The van der Waals surface area contributed by atoms with Crippen molar-refractivity contribution in [3.8, 4) is 0 Å². The second kappa shape index (κ2) is 4.72. The highest BCUT2D eigenvalue weighted by molar-refractivity contribution is 5.01. The average molecular weight is 211 g/mol. The van der Waals surface area contributed by atoms with Gasteiger partial charge in [0.2, 0.25) is 5.89 Å². The molecule has 5 nitrogen and oxygen atoms in total. The van der Waals surface area contributed by atoms with Gasteiger partial charge in [-0.2, -0.15) is 4.98 Å². The fraction of sp³-hybridized carbons (Fsp3) is 0.800. The third-order valence-corrected chi connectivity index (χ3v) is 2.50. The van der Waals surface area contributed by atoms with Crippen LogP contribution in [0.1, 0.15) is 30.5 Å². The molecule has 1 heterocycles. The first-order valence-corrected chi connectivity index (χ1v) is 5.29. The van der Waals surface area contributed by atoms with Gasteiger partial charge in [0.25, 0.3) is 0 Å². The summed E-state index contributed by atoms with van der Waals surface area (Å²) in [7, 11) is 3.72. The Bertz CT molecular complexity index is 309. The van der Waals surface area contributed by atoms with Gasteiger partial charge in [-0.05, 0) is 19.9 Å². The Hall–Kier alpha value is -0.940. The maximum Gasteiger partial charge on any atom is 0.229 e. The van der Waals surface area contributed by atoms with Crippen LogP contribution in [0.2, 0.25) is 0 Å². The molecule has 15 heavy (non-hydrogen) atoms. The number of nitrogens with zero attached hydrogens (tertiary/aromatic N) is 3. The summed E-state index contributed by atoms with van der Waals surface area (Å²) in [4.78, 5) is 6.48. The second-order valence-corrected chi connectivity index (χ2v) is 4.05. The van der Waals surface area contributed by atoms with E-state index < -0.39 is 0 Å². The Kier molecular flexibility index (Phi) is 3.33. The summed E-state index contributed by atoms with van der Waals surface area (Å²) >= 11 is 0. The first kappa shape index (κ1) is 10.6. The van der Waals surface area contributed by atoms with Crippen molar-refractivity contribution >= 4 is 0 Å². The highest BCUT2D eigenvalue weighted by Gasteiger charge is 2.29. The first-order chi connectivity index (χ1) is 7.29. The molecule has 84 valence electrons. The Balaban J connectivity index is 1.81. The Morgan fingerprint density at radius 3 is 3.00 bits per heavy atom. The predicted octanol–water partition coefficient (Wildman–Crippen LogP) is 1.03. The highest BCUT2D eigenvalue weighted by atomic mass is 16.5. The second-order valence-electron chi connectivity index (χ2n) is 4.05. The minimum atomic E-state index is 0.538. The maximum atomic E-state index is 5.17. The van der Waals surface area contributed by atoms with Crippen LogP contribution in [0.25, 0.3) is 0 Å². The van der Waals surface area contributed by atoms with Crippen LogP contribution in [0.5, 0.6) is 0 Å². The average Bonchev–Trinajstić information content (AvgIpc) is 2.98. The summed E-state index contributed by atoms with van der Waals surface area (Å²) < 4.78 is 10.2. The molecule has 0 atom stereocenters. The fourth-order valence-corrected chi connectivity index (χ4v) is 1.40. The minimum absolute atomic E-state index is 0.538. The summed E-state index contributed by atoms with van der Waals surface area (Å²) in [5.74, 6) is 2.12. The molecular weight excluding hydrogens is 194 g/mol. The molecule has 0 bridgehead atoms. The lowest BCUT2D eigenvalue weighted by Gasteiger charge is -2.12. The largest absolute Gasteiger partial charge is 0.383 e. The normalized spacial score (nSPS) is 16.2. The highest BCUT2D eigenvalue weighted by Crippen LogP contribution is 2.38. The van der Waals surface area contributed by atoms with E-state index in [1.165, 1.54) is 12.8 Å². The molecule has 1 aliphatic carbocycles. The molecule has 0 spiro atoms. The zero-order valence-corrected chi connectivity index (χ0v) is 9.27. The summed E-state index contributed by atoms with van der Waals surface area (Å²) in [6.07, 6.45) is 2.39. The molecular formula is C10H17N3O2. The fourth-order valence-electron chi connectivity index (χ4n) is 1.40. The molecule has 0 aliphatic heterocycles. The van der Waals surface area contributed by atoms with Gasteiger partial charge in [0, 0.05) is 19.6 Å². The minimum Gasteiger partial charge on any atom is -0.383 e. The molecule has 1 aromatic heterocycles. The summed E-state index contributed by atoms with van der Waals surface area (Å²) in [5.41, 5.74) is 0. The molecule has 0 N–H and O–H groups in total. The third kappa shape index (κ3) is 3.00. The predicted molar refractivity (Wildman–Crippen MR) is 54.5 cm³/mol. The van der Waals surface area contributed by atoms with Crippen molar-refractivity contribution in [1.29, 1.82) is 0 Å². The summed E-state index contributed by atoms with van der Waals surface area (Å²) in [6.45, 7) is 2.33. The zero-order valence-electron chi connectivity index (χ0n) is 9.27. The molecule has 1 aliphatic rings. The van der Waals surface area contributed by atoms with E-state index in [4.69, 9.17) is 9.26 Å². The zero-order chi connectivity index (χ0) is 10.7. The van der Waals surface area contributed by atoms with Crippen LogP contribution < -0.4 is 0 Å². The number of likely N-dealkylation sites (N-methyl/N-ethyl adjacent to an activating group) is 1. The van der Waals surface area contributed by atoms with Gasteiger partial charge >= 0.3 is 0 Å². The SMILES string of the molecule is COCCN(C)Cc1noc(C2CC2)n1. The number of hydrogen-bond acceptors (Lipinski definition) is 5. The van der Waals surface area contributed by atoms with Crippen molar-refractivity contribution in [1.82, 2.24) is 15.0 Å². The quantitative estimate of drug-likeness (QED) is 0.703. The topological polar surface area (TPSA) is 51.4 Å². The van der Waals surface area contributed by atoms with Crippen LogP contribution >= 0.6 is 0 Å². The molecule has 0 amide bonds. The Morgan fingerprint density at radius 1 is 1.53 bits per heavy atom. The van der Waals surface area contributed by atoms with Gasteiger partial charge in [0.15, 0.2) is 5.82 Å². The lowest BCUT2D eigenvalue weighted by atomic mass is 10.4. The monoisotopic (exact) mass is 211 g/mol. The molecule has 1 aromatic rings. The van der Waals surface area contributed by atoms with Crippen LogP contribution in [-0.2, 0) is 11.3 Å². The lowest BCUT2D eigenvalue weighted by Crippen LogP contribution is -2.22. The summed E-state index contributed by atoms with van der Waals surface area (Å²) in [6, 6.07) is 0. The van der Waals surface area contributed by atoms with Gasteiger partial charge in [-0.3, -0.25) is 4.90 Å². The van der Waals surface area contributed by atoms with Crippen molar-refractivity contribution in [3.63, 3.8) is 0 Å². The van der Waals surface area contributed by atoms with E-state index in [0.29, 0.717) is 5.92 Å². The Morgan fingerprint density at radius 2 is 2.33 bits per heavy atom. The summed E-state index contributed by atoms with van der Waals surface area (Å²) in [5, 5.41) is 3.96. The van der Waals surface area contributed by atoms with Gasteiger partial charge in [0.05, 0.1) is 13.2 Å². The van der Waals surface area contributed by atoms with Crippen molar-refractivity contribution in [3.05, 3.63) is 11.7 Å². The van der Waals surface area contributed by atoms with Gasteiger partial charge in [-0.15, -0.1) is 0 Å². The van der Waals surface area contributed by atoms with Crippen LogP contribution in [0, 0.1) is 0 Å². The molecule has 1 fully saturated rings. The van der Waals surface area contributed by atoms with Crippen LogP contribution in [0.15, 0.2) is 4.52 Å². The number of ether oxygens (including phenoxy) is 1. The van der Waals surface area contributed by atoms with Gasteiger partial charge in [0.1, 0.15) is 0 Å². The maximum absolute atomic E-state index is 5.17. The smallest absolute Gasteiger partial charge is 0.229 e. The standard InChI is InChI=1S/C10H17N3O2/c1-13(5-6-14-2)7-9-11-10(15-12-9)8-3-4-8/h8H,3-7H2,1-2H3. The number of methoxy groups -OCH3 is 1.